The standard InChI is InChI=1S/C10H14BrFN2O2S/c1-3-4-14(2)17(15,16)10-6-9(13)7(11)5-8(10)12/h5-6H,3-4,13H2,1-2H3. The first-order valence-electron chi connectivity index (χ1n) is 5.01. The van der Waals surface area contributed by atoms with Gasteiger partial charge in [0, 0.05) is 23.8 Å². The molecule has 7 heteroatoms. The van der Waals surface area contributed by atoms with E-state index in [-0.39, 0.29) is 5.69 Å². The lowest BCUT2D eigenvalue weighted by Crippen LogP contribution is -2.28. The zero-order chi connectivity index (χ0) is 13.2. The van der Waals surface area contributed by atoms with Crippen LogP contribution in [-0.4, -0.2) is 26.3 Å². The van der Waals surface area contributed by atoms with E-state index < -0.39 is 20.7 Å². The molecule has 1 aromatic carbocycles. The summed E-state index contributed by atoms with van der Waals surface area (Å²) in [5.74, 6) is -0.811. The van der Waals surface area contributed by atoms with E-state index in [1.165, 1.54) is 7.05 Å². The first kappa shape index (κ1) is 14.4. The van der Waals surface area contributed by atoms with Gasteiger partial charge in [0.05, 0.1) is 0 Å². The van der Waals surface area contributed by atoms with Crippen molar-refractivity contribution in [3.63, 3.8) is 0 Å². The van der Waals surface area contributed by atoms with Crippen LogP contribution in [0.1, 0.15) is 13.3 Å². The van der Waals surface area contributed by atoms with Crippen molar-refractivity contribution in [3.8, 4) is 0 Å². The van der Waals surface area contributed by atoms with E-state index in [1.54, 1.807) is 0 Å². The van der Waals surface area contributed by atoms with Crippen molar-refractivity contribution in [2.24, 2.45) is 0 Å². The first-order valence-corrected chi connectivity index (χ1v) is 7.24. The van der Waals surface area contributed by atoms with Crippen molar-refractivity contribution >= 4 is 31.6 Å². The normalized spacial score (nSPS) is 12.1. The van der Waals surface area contributed by atoms with Gasteiger partial charge in [-0.25, -0.2) is 17.1 Å². The van der Waals surface area contributed by atoms with Gasteiger partial charge in [-0.05, 0) is 34.5 Å². The Hall–Kier alpha value is -0.660. The molecule has 0 amide bonds. The maximum absolute atomic E-state index is 13.6. The van der Waals surface area contributed by atoms with Crippen molar-refractivity contribution in [1.29, 1.82) is 0 Å². The van der Waals surface area contributed by atoms with Crippen LogP contribution >= 0.6 is 15.9 Å². The molecule has 0 fully saturated rings. The summed E-state index contributed by atoms with van der Waals surface area (Å²) in [6, 6.07) is 2.18. The summed E-state index contributed by atoms with van der Waals surface area (Å²) in [7, 11) is -2.40. The monoisotopic (exact) mass is 324 g/mol. The highest BCUT2D eigenvalue weighted by Gasteiger charge is 2.24. The number of rotatable bonds is 4. The van der Waals surface area contributed by atoms with E-state index in [1.807, 2.05) is 6.92 Å². The largest absolute Gasteiger partial charge is 0.398 e. The highest BCUT2D eigenvalue weighted by atomic mass is 79.9. The molecule has 0 atom stereocenters. The molecule has 0 radical (unpaired) electrons. The number of hydrogen-bond donors (Lipinski definition) is 1. The van der Waals surface area contributed by atoms with Crippen molar-refractivity contribution in [2.45, 2.75) is 18.2 Å². The fourth-order valence-corrected chi connectivity index (χ4v) is 3.00. The van der Waals surface area contributed by atoms with Gasteiger partial charge in [-0.2, -0.15) is 0 Å². The molecular formula is C10H14BrFN2O2S. The summed E-state index contributed by atoms with van der Waals surface area (Å²) in [6.45, 7) is 2.18. The summed E-state index contributed by atoms with van der Waals surface area (Å²) >= 11 is 3.04. The molecule has 0 aliphatic rings. The lowest BCUT2D eigenvalue weighted by Gasteiger charge is -2.17. The summed E-state index contributed by atoms with van der Waals surface area (Å²) in [5.41, 5.74) is 5.75. The maximum atomic E-state index is 13.6. The second kappa shape index (κ2) is 5.32. The summed E-state index contributed by atoms with van der Waals surface area (Å²) in [5, 5.41) is 0. The first-order chi connectivity index (χ1) is 7.80. The smallest absolute Gasteiger partial charge is 0.245 e. The van der Waals surface area contributed by atoms with E-state index >= 15 is 0 Å². The van der Waals surface area contributed by atoms with Crippen LogP contribution in [0, 0.1) is 5.82 Å². The molecular weight excluding hydrogens is 311 g/mol. The van der Waals surface area contributed by atoms with Crippen molar-refractivity contribution in [1.82, 2.24) is 4.31 Å². The highest BCUT2D eigenvalue weighted by molar-refractivity contribution is 9.10. The number of benzene rings is 1. The van der Waals surface area contributed by atoms with E-state index in [9.17, 15) is 12.8 Å². The van der Waals surface area contributed by atoms with Gasteiger partial charge in [0.15, 0.2) is 0 Å². The molecule has 1 rings (SSSR count). The molecule has 2 N–H and O–H groups in total. The lowest BCUT2D eigenvalue weighted by molar-refractivity contribution is 0.462. The third kappa shape index (κ3) is 2.97. The number of anilines is 1. The number of nitrogen functional groups attached to an aromatic ring is 1. The number of sulfonamides is 1. The van der Waals surface area contributed by atoms with Gasteiger partial charge in [0.1, 0.15) is 10.7 Å². The number of nitrogens with two attached hydrogens (primary N) is 1. The molecule has 4 nitrogen and oxygen atoms in total. The van der Waals surface area contributed by atoms with E-state index in [2.05, 4.69) is 15.9 Å². The molecule has 0 saturated heterocycles. The maximum Gasteiger partial charge on any atom is 0.245 e. The molecule has 0 aliphatic heterocycles. The molecule has 0 aromatic heterocycles. The van der Waals surface area contributed by atoms with Gasteiger partial charge in [-0.15, -0.1) is 0 Å². The topological polar surface area (TPSA) is 63.4 Å². The van der Waals surface area contributed by atoms with E-state index in [0.29, 0.717) is 17.4 Å². The van der Waals surface area contributed by atoms with Gasteiger partial charge in [-0.1, -0.05) is 6.92 Å². The van der Waals surface area contributed by atoms with Gasteiger partial charge < -0.3 is 5.73 Å². The minimum atomic E-state index is -3.81. The second-order valence-corrected chi connectivity index (χ2v) is 6.50. The molecule has 0 unspecified atom stereocenters. The predicted molar refractivity (Wildman–Crippen MR) is 68.6 cm³/mol. The molecule has 0 saturated carbocycles. The average Bonchev–Trinajstić information content (AvgIpc) is 2.23. The van der Waals surface area contributed by atoms with Crippen LogP contribution in [0.5, 0.6) is 0 Å². The van der Waals surface area contributed by atoms with Gasteiger partial charge in [0.2, 0.25) is 10.0 Å². The molecule has 17 heavy (non-hydrogen) atoms. The number of halogens is 2. The Morgan fingerprint density at radius 2 is 2.06 bits per heavy atom. The average molecular weight is 325 g/mol. The summed E-state index contributed by atoms with van der Waals surface area (Å²) in [6.07, 6.45) is 0.656. The molecule has 0 aliphatic carbocycles. The zero-order valence-electron chi connectivity index (χ0n) is 9.57. The van der Waals surface area contributed by atoms with E-state index in [0.717, 1.165) is 16.4 Å². The summed E-state index contributed by atoms with van der Waals surface area (Å²) < 4.78 is 39.1. The van der Waals surface area contributed by atoms with Crippen LogP contribution in [0.25, 0.3) is 0 Å². The lowest BCUT2D eigenvalue weighted by atomic mass is 10.3. The zero-order valence-corrected chi connectivity index (χ0v) is 12.0. The Labute approximate surface area is 109 Å². The SMILES string of the molecule is CCCN(C)S(=O)(=O)c1cc(N)c(Br)cc1F. The molecule has 1 aromatic rings. The third-order valence-corrected chi connectivity index (χ3v) is 4.84. The van der Waals surface area contributed by atoms with Crippen molar-refractivity contribution in [3.05, 3.63) is 22.4 Å². The minimum absolute atomic E-state index is 0.190. The molecule has 0 bridgehead atoms. The van der Waals surface area contributed by atoms with E-state index in [4.69, 9.17) is 5.73 Å². The van der Waals surface area contributed by atoms with Crippen LogP contribution in [0.4, 0.5) is 10.1 Å². The van der Waals surface area contributed by atoms with Crippen LogP contribution in [-0.2, 0) is 10.0 Å². The minimum Gasteiger partial charge on any atom is -0.398 e. The van der Waals surface area contributed by atoms with Gasteiger partial charge in [0.25, 0.3) is 0 Å². The van der Waals surface area contributed by atoms with Crippen molar-refractivity contribution < 1.29 is 12.8 Å². The van der Waals surface area contributed by atoms with Gasteiger partial charge in [-0.3, -0.25) is 0 Å². The van der Waals surface area contributed by atoms with Crippen LogP contribution in [0.2, 0.25) is 0 Å². The van der Waals surface area contributed by atoms with Gasteiger partial charge >= 0.3 is 0 Å². The number of hydrogen-bond acceptors (Lipinski definition) is 3. The quantitative estimate of drug-likeness (QED) is 0.863. The van der Waals surface area contributed by atoms with Crippen LogP contribution in [0.3, 0.4) is 0 Å². The molecule has 0 spiro atoms. The Balaban J connectivity index is 3.29. The Bertz CT molecular complexity index is 519. The Kier molecular flexibility index (Phi) is 4.51. The molecule has 0 heterocycles. The van der Waals surface area contributed by atoms with Crippen LogP contribution in [0.15, 0.2) is 21.5 Å². The Morgan fingerprint density at radius 3 is 2.59 bits per heavy atom. The highest BCUT2D eigenvalue weighted by Crippen LogP contribution is 2.27. The predicted octanol–water partition coefficient (Wildman–Crippen LogP) is 2.20. The fraction of sp³-hybridized carbons (Fsp3) is 0.400. The fourth-order valence-electron chi connectivity index (χ4n) is 1.35. The third-order valence-electron chi connectivity index (χ3n) is 2.28. The van der Waals surface area contributed by atoms with Crippen molar-refractivity contribution in [2.75, 3.05) is 19.3 Å². The second-order valence-electron chi connectivity index (χ2n) is 3.63. The molecule has 96 valence electrons. The number of nitrogens with zero attached hydrogens (tertiary/aromatic N) is 1. The van der Waals surface area contributed by atoms with Crippen LogP contribution < -0.4 is 5.73 Å². The summed E-state index contributed by atoms with van der Waals surface area (Å²) in [4.78, 5) is -0.394. The Morgan fingerprint density at radius 1 is 1.47 bits per heavy atom.